The zero-order valence-corrected chi connectivity index (χ0v) is 13.4. The van der Waals surface area contributed by atoms with E-state index in [0.29, 0.717) is 18.1 Å². The number of carbonyl (C=O) groups excluding carboxylic acids is 1. The second-order valence-corrected chi connectivity index (χ2v) is 5.11. The minimum absolute atomic E-state index is 0.184. The molecule has 2 rings (SSSR count). The molecule has 0 atom stereocenters. The van der Waals surface area contributed by atoms with Gasteiger partial charge in [0.15, 0.2) is 0 Å². The lowest BCUT2D eigenvalue weighted by atomic mass is 10.2. The van der Waals surface area contributed by atoms with Gasteiger partial charge in [-0.15, -0.1) is 0 Å². The molecule has 0 aliphatic rings. The summed E-state index contributed by atoms with van der Waals surface area (Å²) in [5, 5.41) is 3.04. The second-order valence-electron chi connectivity index (χ2n) is 5.11. The van der Waals surface area contributed by atoms with E-state index in [1.165, 1.54) is 6.07 Å². The van der Waals surface area contributed by atoms with Crippen LogP contribution in [0.4, 0.5) is 11.6 Å². The standard InChI is InChI=1S/C17H21N3O3/c1-3-5-6-14-11-15(21)20-17(19-14)18-13-9-7-12(8-10-13)16(22)23-4-2/h7-11H,3-6H2,1-2H3,(H2,18,19,20,21). The lowest BCUT2D eigenvalue weighted by molar-refractivity contribution is 0.0526. The first-order valence-electron chi connectivity index (χ1n) is 7.76. The molecule has 2 N–H and O–H groups in total. The topological polar surface area (TPSA) is 84.1 Å². The Balaban J connectivity index is 2.11. The van der Waals surface area contributed by atoms with Crippen molar-refractivity contribution in [2.24, 2.45) is 0 Å². The number of benzene rings is 1. The van der Waals surface area contributed by atoms with Gasteiger partial charge in [-0.05, 0) is 44.0 Å². The summed E-state index contributed by atoms with van der Waals surface area (Å²) in [5.74, 6) is 0.0413. The molecule has 6 heteroatoms. The van der Waals surface area contributed by atoms with E-state index in [2.05, 4.69) is 22.2 Å². The molecule has 2 aromatic rings. The molecule has 1 aromatic heterocycles. The Hall–Kier alpha value is -2.63. The molecule has 0 bridgehead atoms. The molecule has 0 aliphatic heterocycles. The monoisotopic (exact) mass is 315 g/mol. The van der Waals surface area contributed by atoms with Gasteiger partial charge in [-0.1, -0.05) is 13.3 Å². The van der Waals surface area contributed by atoms with Gasteiger partial charge in [0.2, 0.25) is 5.95 Å². The van der Waals surface area contributed by atoms with Gasteiger partial charge >= 0.3 is 5.97 Å². The van der Waals surface area contributed by atoms with Gasteiger partial charge in [-0.3, -0.25) is 9.78 Å². The van der Waals surface area contributed by atoms with E-state index in [1.54, 1.807) is 31.2 Å². The molecule has 0 saturated carbocycles. The van der Waals surface area contributed by atoms with Crippen molar-refractivity contribution in [2.45, 2.75) is 33.1 Å². The van der Waals surface area contributed by atoms with Gasteiger partial charge in [-0.2, -0.15) is 0 Å². The van der Waals surface area contributed by atoms with Crippen molar-refractivity contribution < 1.29 is 9.53 Å². The SMILES string of the molecule is CCCCc1cc(=O)[nH]c(Nc2ccc(C(=O)OCC)cc2)n1. The second kappa shape index (κ2) is 8.12. The molecule has 0 unspecified atom stereocenters. The number of ether oxygens (including phenoxy) is 1. The van der Waals surface area contributed by atoms with Crippen LogP contribution in [-0.4, -0.2) is 22.5 Å². The molecule has 0 saturated heterocycles. The summed E-state index contributed by atoms with van der Waals surface area (Å²) in [6.45, 7) is 4.20. The zero-order chi connectivity index (χ0) is 16.7. The molecular formula is C17H21N3O3. The molecule has 0 aliphatic carbocycles. The Morgan fingerprint density at radius 3 is 2.65 bits per heavy atom. The predicted octanol–water partition coefficient (Wildman–Crippen LogP) is 3.03. The summed E-state index contributed by atoms with van der Waals surface area (Å²) < 4.78 is 4.94. The van der Waals surface area contributed by atoms with Crippen LogP contribution in [0.15, 0.2) is 35.1 Å². The summed E-state index contributed by atoms with van der Waals surface area (Å²) in [6.07, 6.45) is 2.81. The number of H-pyrrole nitrogens is 1. The quantitative estimate of drug-likeness (QED) is 0.767. The van der Waals surface area contributed by atoms with Crippen LogP contribution in [0.1, 0.15) is 42.7 Å². The number of carbonyl (C=O) groups is 1. The van der Waals surface area contributed by atoms with Crippen molar-refractivity contribution in [1.29, 1.82) is 0 Å². The largest absolute Gasteiger partial charge is 0.462 e. The third-order valence-corrected chi connectivity index (χ3v) is 3.24. The molecule has 1 heterocycles. The highest BCUT2D eigenvalue weighted by Gasteiger charge is 2.06. The highest BCUT2D eigenvalue weighted by Crippen LogP contribution is 2.14. The zero-order valence-electron chi connectivity index (χ0n) is 13.4. The van der Waals surface area contributed by atoms with E-state index < -0.39 is 0 Å². The van der Waals surface area contributed by atoms with Crippen molar-refractivity contribution in [3.05, 3.63) is 51.9 Å². The Labute approximate surface area is 134 Å². The molecule has 0 amide bonds. The fourth-order valence-electron chi connectivity index (χ4n) is 2.09. The number of nitrogens with zero attached hydrogens (tertiary/aromatic N) is 1. The lowest BCUT2D eigenvalue weighted by Crippen LogP contribution is -2.12. The first-order valence-corrected chi connectivity index (χ1v) is 7.76. The number of aromatic nitrogens is 2. The molecule has 122 valence electrons. The molecule has 1 aromatic carbocycles. The number of aryl methyl sites for hydroxylation is 1. The maximum absolute atomic E-state index is 11.7. The number of nitrogens with one attached hydrogen (secondary N) is 2. The summed E-state index contributed by atoms with van der Waals surface area (Å²) >= 11 is 0. The lowest BCUT2D eigenvalue weighted by Gasteiger charge is -2.08. The fourth-order valence-corrected chi connectivity index (χ4v) is 2.09. The van der Waals surface area contributed by atoms with Gasteiger partial charge in [0.25, 0.3) is 5.56 Å². The number of rotatable bonds is 7. The van der Waals surface area contributed by atoms with E-state index >= 15 is 0 Å². The Bertz CT molecular complexity index is 708. The third-order valence-electron chi connectivity index (χ3n) is 3.24. The number of esters is 1. The number of aromatic amines is 1. The van der Waals surface area contributed by atoms with Gasteiger partial charge < -0.3 is 10.1 Å². The Kier molecular flexibility index (Phi) is 5.91. The molecule has 0 spiro atoms. The summed E-state index contributed by atoms with van der Waals surface area (Å²) in [7, 11) is 0. The van der Waals surface area contributed by atoms with Crippen LogP contribution in [0.2, 0.25) is 0 Å². The van der Waals surface area contributed by atoms with Gasteiger partial charge in [0.05, 0.1) is 12.2 Å². The van der Waals surface area contributed by atoms with Gasteiger partial charge in [-0.25, -0.2) is 9.78 Å². The first kappa shape index (κ1) is 16.7. The number of hydrogen-bond acceptors (Lipinski definition) is 5. The number of anilines is 2. The van der Waals surface area contributed by atoms with Gasteiger partial charge in [0.1, 0.15) is 0 Å². The maximum Gasteiger partial charge on any atom is 0.338 e. The molecule has 0 radical (unpaired) electrons. The highest BCUT2D eigenvalue weighted by atomic mass is 16.5. The van der Waals surface area contributed by atoms with Crippen molar-refractivity contribution in [2.75, 3.05) is 11.9 Å². The Morgan fingerprint density at radius 2 is 2.00 bits per heavy atom. The van der Waals surface area contributed by atoms with Crippen LogP contribution in [0.5, 0.6) is 0 Å². The Morgan fingerprint density at radius 1 is 1.26 bits per heavy atom. The van der Waals surface area contributed by atoms with Crippen molar-refractivity contribution in [1.82, 2.24) is 9.97 Å². The first-order chi connectivity index (χ1) is 11.1. The summed E-state index contributed by atoms with van der Waals surface area (Å²) in [5.41, 5.74) is 1.79. The smallest absolute Gasteiger partial charge is 0.338 e. The van der Waals surface area contributed by atoms with E-state index in [-0.39, 0.29) is 11.5 Å². The van der Waals surface area contributed by atoms with Crippen LogP contribution < -0.4 is 10.9 Å². The summed E-state index contributed by atoms with van der Waals surface area (Å²) in [6, 6.07) is 8.33. The minimum atomic E-state index is -0.354. The van der Waals surface area contributed by atoms with Crippen LogP contribution >= 0.6 is 0 Å². The molecule has 0 fully saturated rings. The maximum atomic E-state index is 11.7. The van der Waals surface area contributed by atoms with Crippen LogP contribution in [-0.2, 0) is 11.2 Å². The third kappa shape index (κ3) is 4.95. The van der Waals surface area contributed by atoms with Gasteiger partial charge in [0, 0.05) is 17.4 Å². The number of hydrogen-bond donors (Lipinski definition) is 2. The van der Waals surface area contributed by atoms with Crippen LogP contribution in [0, 0.1) is 0 Å². The normalized spacial score (nSPS) is 10.3. The van der Waals surface area contributed by atoms with Crippen molar-refractivity contribution >= 4 is 17.6 Å². The fraction of sp³-hybridized carbons (Fsp3) is 0.353. The average Bonchev–Trinajstić information content (AvgIpc) is 2.53. The van der Waals surface area contributed by atoms with Crippen molar-refractivity contribution in [3.63, 3.8) is 0 Å². The summed E-state index contributed by atoms with van der Waals surface area (Å²) in [4.78, 5) is 30.3. The average molecular weight is 315 g/mol. The molecular weight excluding hydrogens is 294 g/mol. The van der Waals surface area contributed by atoms with Crippen LogP contribution in [0.25, 0.3) is 0 Å². The van der Waals surface area contributed by atoms with E-state index in [9.17, 15) is 9.59 Å². The molecule has 23 heavy (non-hydrogen) atoms. The highest BCUT2D eigenvalue weighted by molar-refractivity contribution is 5.89. The van der Waals surface area contributed by atoms with Crippen molar-refractivity contribution in [3.8, 4) is 0 Å². The predicted molar refractivity (Wildman–Crippen MR) is 89.2 cm³/mol. The van der Waals surface area contributed by atoms with E-state index in [4.69, 9.17) is 4.74 Å². The van der Waals surface area contributed by atoms with E-state index in [1.807, 2.05) is 0 Å². The minimum Gasteiger partial charge on any atom is -0.462 e. The molecule has 6 nitrogen and oxygen atoms in total. The number of unbranched alkanes of at least 4 members (excludes halogenated alkanes) is 1. The van der Waals surface area contributed by atoms with Crippen LogP contribution in [0.3, 0.4) is 0 Å². The van der Waals surface area contributed by atoms with E-state index in [0.717, 1.165) is 30.6 Å².